The Balaban J connectivity index is 0.000000720. The van der Waals surface area contributed by atoms with Gasteiger partial charge in [-0.15, -0.1) is 6.58 Å². The Morgan fingerprint density at radius 3 is 2.15 bits per heavy atom. The first-order chi connectivity index (χ1) is 21.7. The maximum atomic E-state index is 13.7. The molecule has 0 aromatic heterocycles. The van der Waals surface area contributed by atoms with Crippen LogP contribution < -0.4 is 4.74 Å². The molecule has 2 atom stereocenters. The number of ether oxygens (including phenoxy) is 2. The van der Waals surface area contributed by atoms with Gasteiger partial charge in [0.15, 0.2) is 11.6 Å². The zero-order chi connectivity index (χ0) is 35.2. The highest BCUT2D eigenvalue weighted by atomic mass is 35.5. The van der Waals surface area contributed by atoms with Crippen LogP contribution >= 0.6 is 11.6 Å². The number of benzene rings is 2. The minimum atomic E-state index is -1.10. The molecule has 0 amide bonds. The molecule has 2 aromatic carbocycles. The van der Waals surface area contributed by atoms with Crippen LogP contribution in [0.15, 0.2) is 78.4 Å². The van der Waals surface area contributed by atoms with Gasteiger partial charge < -0.3 is 14.6 Å². The molecule has 4 nitrogen and oxygen atoms in total. The highest BCUT2D eigenvalue weighted by Gasteiger charge is 2.14. The van der Waals surface area contributed by atoms with Crippen LogP contribution in [0.25, 0.3) is 0 Å². The van der Waals surface area contributed by atoms with Crippen molar-refractivity contribution < 1.29 is 28.2 Å². The van der Waals surface area contributed by atoms with Gasteiger partial charge in [0.05, 0.1) is 11.7 Å². The SMILES string of the molecule is C=C(/C=C(\C=C/C)[C@H](CC)CCC)COc1ccc(Cl)cc1F.C=C(C)CC.CC[C@@H]1CCO1.Cc1cc(C(=O)O)cc(F)c1C. The van der Waals surface area contributed by atoms with Crippen LogP contribution in [0, 0.1) is 31.4 Å². The van der Waals surface area contributed by atoms with Crippen molar-refractivity contribution in [3.63, 3.8) is 0 Å². The summed E-state index contributed by atoms with van der Waals surface area (Å²) in [7, 11) is 0. The van der Waals surface area contributed by atoms with Crippen LogP contribution in [0.4, 0.5) is 8.78 Å². The zero-order valence-electron chi connectivity index (χ0n) is 29.2. The number of aromatic carboxylic acids is 1. The highest BCUT2D eigenvalue weighted by Crippen LogP contribution is 2.25. The van der Waals surface area contributed by atoms with Crippen molar-refractivity contribution in [1.29, 1.82) is 0 Å². The van der Waals surface area contributed by atoms with E-state index in [0.717, 1.165) is 43.9 Å². The molecule has 0 unspecified atom stereocenters. The maximum Gasteiger partial charge on any atom is 0.335 e. The summed E-state index contributed by atoms with van der Waals surface area (Å²) in [5, 5.41) is 8.91. The van der Waals surface area contributed by atoms with Gasteiger partial charge in [-0.25, -0.2) is 13.6 Å². The van der Waals surface area contributed by atoms with E-state index in [1.807, 2.05) is 19.9 Å². The third-order valence-corrected chi connectivity index (χ3v) is 7.58. The first kappa shape index (κ1) is 42.8. The largest absolute Gasteiger partial charge is 0.486 e. The number of hydrogen-bond acceptors (Lipinski definition) is 3. The molecule has 2 aromatic rings. The van der Waals surface area contributed by atoms with Gasteiger partial charge in [-0.2, -0.15) is 0 Å². The van der Waals surface area contributed by atoms with Crippen LogP contribution in [0.5, 0.6) is 5.75 Å². The summed E-state index contributed by atoms with van der Waals surface area (Å²) in [4.78, 5) is 10.5. The van der Waals surface area contributed by atoms with Crippen molar-refractivity contribution in [3.8, 4) is 5.75 Å². The molecule has 1 aliphatic heterocycles. The highest BCUT2D eigenvalue weighted by molar-refractivity contribution is 6.30. The maximum absolute atomic E-state index is 13.7. The molecular weight excluding hydrogens is 606 g/mol. The van der Waals surface area contributed by atoms with E-state index in [1.54, 1.807) is 19.9 Å². The average Bonchev–Trinajstić information content (AvgIpc) is 2.98. The van der Waals surface area contributed by atoms with E-state index < -0.39 is 17.6 Å². The van der Waals surface area contributed by atoms with Gasteiger partial charge in [-0.1, -0.05) is 76.1 Å². The summed E-state index contributed by atoms with van der Waals surface area (Å²) in [6.07, 6.45) is 13.8. The summed E-state index contributed by atoms with van der Waals surface area (Å²) in [5.41, 5.74) is 4.48. The second kappa shape index (κ2) is 24.0. The Morgan fingerprint density at radius 1 is 1.13 bits per heavy atom. The van der Waals surface area contributed by atoms with E-state index in [4.69, 9.17) is 26.2 Å². The average molecular weight is 661 g/mol. The Hall–Kier alpha value is -3.22. The first-order valence-corrected chi connectivity index (χ1v) is 16.5. The molecule has 3 rings (SSSR count). The van der Waals surface area contributed by atoms with E-state index in [2.05, 4.69) is 53.0 Å². The molecule has 7 heteroatoms. The number of halogens is 3. The van der Waals surface area contributed by atoms with Crippen molar-refractivity contribution in [1.82, 2.24) is 0 Å². The van der Waals surface area contributed by atoms with Crippen LogP contribution in [0.2, 0.25) is 5.02 Å². The lowest BCUT2D eigenvalue weighted by Crippen LogP contribution is -2.25. The monoisotopic (exact) mass is 660 g/mol. The number of carboxylic acids is 1. The lowest BCUT2D eigenvalue weighted by molar-refractivity contribution is -0.0516. The fourth-order valence-electron chi connectivity index (χ4n) is 4.04. The standard InChI is InChI=1S/C20H26ClFO.C9H9FO2.C5H10O.C5H10/c1-5-8-16(7-3)17(9-6-2)12-15(4)14-23-20-11-10-18(21)13-19(20)22;1-5-3-7(9(11)12)4-8(10)6(5)2;1-2-5-3-4-6-5;1-4-5(2)3/h6,9-13,16H,4-5,7-8,14H2,1-3H3;3-4H,1-2H3,(H,11,12);5H,2-4H2,1H3;2,4H2,1,3H3/b9-6-,17-12+;;;/t16-;;5-;/m1.1./s1. The number of rotatable bonds is 12. The predicted molar refractivity (Wildman–Crippen MR) is 190 cm³/mol. The minimum Gasteiger partial charge on any atom is -0.486 e. The fraction of sp³-hybridized carbons (Fsp3) is 0.462. The minimum absolute atomic E-state index is 0.00407. The summed E-state index contributed by atoms with van der Waals surface area (Å²) in [5.74, 6) is -1.32. The molecule has 0 bridgehead atoms. The van der Waals surface area contributed by atoms with Gasteiger partial charge in [0.1, 0.15) is 12.4 Å². The van der Waals surface area contributed by atoms with Gasteiger partial charge in [0, 0.05) is 11.6 Å². The topological polar surface area (TPSA) is 55.8 Å². The van der Waals surface area contributed by atoms with E-state index >= 15 is 0 Å². The summed E-state index contributed by atoms with van der Waals surface area (Å²) < 4.78 is 37.2. The molecule has 1 heterocycles. The molecule has 0 aliphatic carbocycles. The molecule has 1 fully saturated rings. The van der Waals surface area contributed by atoms with Gasteiger partial charge in [-0.05, 0) is 118 Å². The lowest BCUT2D eigenvalue weighted by Gasteiger charge is -2.24. The second-order valence-corrected chi connectivity index (χ2v) is 11.7. The molecule has 0 radical (unpaired) electrons. The number of carboxylic acid groups (broad SMARTS) is 1. The van der Waals surface area contributed by atoms with Crippen LogP contribution in [0.1, 0.15) is 102 Å². The Bertz CT molecular complexity index is 1270. The van der Waals surface area contributed by atoms with Gasteiger partial charge in [0.2, 0.25) is 0 Å². The van der Waals surface area contributed by atoms with Crippen molar-refractivity contribution in [2.24, 2.45) is 5.92 Å². The fourth-order valence-corrected chi connectivity index (χ4v) is 4.19. The Morgan fingerprint density at radius 2 is 1.76 bits per heavy atom. The molecule has 1 aliphatic rings. The first-order valence-electron chi connectivity index (χ1n) is 16.1. The number of aryl methyl sites for hydroxylation is 1. The van der Waals surface area contributed by atoms with E-state index in [0.29, 0.717) is 28.2 Å². The molecule has 1 N–H and O–H groups in total. The quantitative estimate of drug-likeness (QED) is 0.182. The molecule has 1 saturated heterocycles. The van der Waals surface area contributed by atoms with Crippen LogP contribution in [-0.2, 0) is 4.74 Å². The lowest BCUT2D eigenvalue weighted by atomic mass is 9.90. The van der Waals surface area contributed by atoms with Gasteiger partial charge >= 0.3 is 5.97 Å². The van der Waals surface area contributed by atoms with E-state index in [-0.39, 0.29) is 17.9 Å². The summed E-state index contributed by atoms with van der Waals surface area (Å²) in [6, 6.07) is 6.88. The van der Waals surface area contributed by atoms with E-state index in [9.17, 15) is 13.6 Å². The third kappa shape index (κ3) is 17.5. The van der Waals surface area contributed by atoms with Crippen molar-refractivity contribution in [2.45, 2.75) is 100 Å². The normalized spacial score (nSPS) is 14.3. The van der Waals surface area contributed by atoms with Crippen molar-refractivity contribution in [3.05, 3.63) is 112 Å². The third-order valence-electron chi connectivity index (χ3n) is 7.34. The Labute approximate surface area is 281 Å². The van der Waals surface area contributed by atoms with Crippen LogP contribution in [-0.4, -0.2) is 30.4 Å². The van der Waals surface area contributed by atoms with Crippen molar-refractivity contribution >= 4 is 17.6 Å². The molecule has 0 saturated carbocycles. The van der Waals surface area contributed by atoms with E-state index in [1.165, 1.54) is 42.2 Å². The van der Waals surface area contributed by atoms with Crippen LogP contribution in [0.3, 0.4) is 0 Å². The Kier molecular flexibility index (Phi) is 22.3. The van der Waals surface area contributed by atoms with Gasteiger partial charge in [-0.3, -0.25) is 0 Å². The number of allylic oxidation sites excluding steroid dienone is 4. The molecule has 256 valence electrons. The molecule has 0 spiro atoms. The molecular formula is C39H55ClF2O4. The zero-order valence-corrected chi connectivity index (χ0v) is 29.9. The smallest absolute Gasteiger partial charge is 0.335 e. The summed E-state index contributed by atoms with van der Waals surface area (Å²) in [6.45, 7) is 24.9. The number of hydrogen-bond donors (Lipinski definition) is 1. The summed E-state index contributed by atoms with van der Waals surface area (Å²) >= 11 is 5.73. The van der Waals surface area contributed by atoms with Crippen molar-refractivity contribution in [2.75, 3.05) is 13.2 Å². The van der Waals surface area contributed by atoms with Gasteiger partial charge in [0.25, 0.3) is 0 Å². The second-order valence-electron chi connectivity index (χ2n) is 11.3. The predicted octanol–water partition coefficient (Wildman–Crippen LogP) is 12.0. The number of carbonyl (C=O) groups is 1. The molecule has 46 heavy (non-hydrogen) atoms.